The molecule has 0 fully saturated rings. The van der Waals surface area contributed by atoms with Crippen molar-refractivity contribution in [3.05, 3.63) is 30.3 Å². The summed E-state index contributed by atoms with van der Waals surface area (Å²) in [5, 5.41) is 0. The molecule has 0 saturated carbocycles. The molecule has 0 aliphatic heterocycles. The summed E-state index contributed by atoms with van der Waals surface area (Å²) in [4.78, 5) is 9.94. The first-order chi connectivity index (χ1) is 8.73. The first kappa shape index (κ1) is 16.6. The molecule has 1 N–H and O–H groups in total. The summed E-state index contributed by atoms with van der Waals surface area (Å²) in [5.41, 5.74) is 0.473. The maximum absolute atomic E-state index is 12.3. The molecule has 1 rings (SSSR count). The third-order valence-corrected chi connectivity index (χ3v) is 7.97. The maximum atomic E-state index is 12.3. The molecule has 0 aliphatic carbocycles. The molecule has 0 bridgehead atoms. The molecule has 0 saturated heterocycles. The fraction of sp³-hybridized carbons (Fsp3) is 0.400. The molecule has 9 heteroatoms. The van der Waals surface area contributed by atoms with Gasteiger partial charge in [-0.2, -0.15) is 8.42 Å². The van der Waals surface area contributed by atoms with Gasteiger partial charge in [-0.3, -0.25) is 4.31 Å². The summed E-state index contributed by atoms with van der Waals surface area (Å²) in [6, 6.07) is 8.52. The van der Waals surface area contributed by atoms with E-state index in [0.717, 1.165) is 4.31 Å². The van der Waals surface area contributed by atoms with Gasteiger partial charge in [0.15, 0.2) is 0 Å². The number of benzene rings is 1. The van der Waals surface area contributed by atoms with E-state index in [-0.39, 0.29) is 6.61 Å². The predicted octanol–water partition coefficient (Wildman–Crippen LogP) is 1.55. The van der Waals surface area contributed by atoms with E-state index in [9.17, 15) is 13.3 Å². The Morgan fingerprint density at radius 3 is 2.32 bits per heavy atom. The van der Waals surface area contributed by atoms with E-state index in [0.29, 0.717) is 9.76 Å². The van der Waals surface area contributed by atoms with Crippen molar-refractivity contribution < 1.29 is 17.8 Å². The molecule has 1 aromatic rings. The van der Waals surface area contributed by atoms with Crippen molar-refractivity contribution in [1.29, 1.82) is 0 Å². The molecule has 0 amide bonds. The van der Waals surface area contributed by atoms with Crippen molar-refractivity contribution in [2.45, 2.75) is 6.92 Å². The number of para-hydroxylation sites is 1. The Kier molecular flexibility index (Phi) is 5.49. The SMILES string of the molecule is CCOP(O)(=S)N(C)S(=O)(=O)N(C)c1ccccc1. The second-order valence-corrected chi connectivity index (χ2v) is 9.18. The molecule has 1 aromatic carbocycles. The fourth-order valence-electron chi connectivity index (χ4n) is 1.33. The van der Waals surface area contributed by atoms with Crippen molar-refractivity contribution in [1.82, 2.24) is 4.08 Å². The second kappa shape index (κ2) is 6.30. The minimum absolute atomic E-state index is 0.142. The minimum atomic E-state index is -3.94. The van der Waals surface area contributed by atoms with Gasteiger partial charge in [0, 0.05) is 14.1 Å². The van der Waals surface area contributed by atoms with Crippen LogP contribution in [0.2, 0.25) is 0 Å². The van der Waals surface area contributed by atoms with Crippen LogP contribution in [-0.2, 0) is 26.5 Å². The van der Waals surface area contributed by atoms with Crippen LogP contribution in [0, 0.1) is 0 Å². The van der Waals surface area contributed by atoms with Gasteiger partial charge in [-0.15, -0.1) is 4.08 Å². The van der Waals surface area contributed by atoms with Gasteiger partial charge in [-0.05, 0) is 30.9 Å². The Morgan fingerprint density at radius 1 is 1.32 bits per heavy atom. The highest BCUT2D eigenvalue weighted by atomic mass is 32.5. The third-order valence-electron chi connectivity index (χ3n) is 2.45. The van der Waals surface area contributed by atoms with Gasteiger partial charge in [-0.1, -0.05) is 18.2 Å². The minimum Gasteiger partial charge on any atom is -0.333 e. The topological polar surface area (TPSA) is 70.1 Å². The summed E-state index contributed by atoms with van der Waals surface area (Å²) in [6.07, 6.45) is 0. The lowest BCUT2D eigenvalue weighted by Crippen LogP contribution is -2.38. The van der Waals surface area contributed by atoms with Crippen molar-refractivity contribution in [2.24, 2.45) is 0 Å². The van der Waals surface area contributed by atoms with E-state index in [1.165, 1.54) is 14.1 Å². The molecule has 108 valence electrons. The summed E-state index contributed by atoms with van der Waals surface area (Å²) in [5.74, 6) is 0. The average molecular weight is 324 g/mol. The number of nitrogens with zero attached hydrogens (tertiary/aromatic N) is 2. The van der Waals surface area contributed by atoms with Gasteiger partial charge in [0.25, 0.3) is 6.64 Å². The Bertz CT molecular complexity index is 564. The monoisotopic (exact) mass is 324 g/mol. The number of hydrogen-bond acceptors (Lipinski definition) is 4. The number of rotatable bonds is 6. The van der Waals surface area contributed by atoms with E-state index in [1.807, 2.05) is 0 Å². The van der Waals surface area contributed by atoms with Crippen LogP contribution in [0.25, 0.3) is 0 Å². The van der Waals surface area contributed by atoms with Crippen LogP contribution in [-0.4, -0.2) is 38.1 Å². The standard InChI is InChI=1S/C10H17N2O4PS2/c1-4-16-17(13,18)12(3)19(14,15)11(2)10-8-6-5-7-9-10/h5-9H,4H2,1-3H3,(H,13,18). The summed E-state index contributed by atoms with van der Waals surface area (Å²) in [6.45, 7) is -1.76. The van der Waals surface area contributed by atoms with Gasteiger partial charge in [0.05, 0.1) is 12.3 Å². The maximum Gasteiger partial charge on any atom is 0.311 e. The zero-order valence-electron chi connectivity index (χ0n) is 10.9. The lowest BCUT2D eigenvalue weighted by molar-refractivity contribution is 0.302. The largest absolute Gasteiger partial charge is 0.333 e. The van der Waals surface area contributed by atoms with Crippen LogP contribution in [0.3, 0.4) is 0 Å². The number of hydrogen-bond donors (Lipinski definition) is 1. The lowest BCUT2D eigenvalue weighted by Gasteiger charge is -2.30. The van der Waals surface area contributed by atoms with Crippen LogP contribution in [0.4, 0.5) is 5.69 Å². The Labute approximate surface area is 119 Å². The van der Waals surface area contributed by atoms with Crippen molar-refractivity contribution >= 4 is 34.3 Å². The van der Waals surface area contributed by atoms with Gasteiger partial charge < -0.3 is 9.42 Å². The van der Waals surface area contributed by atoms with Crippen molar-refractivity contribution in [3.63, 3.8) is 0 Å². The predicted molar refractivity (Wildman–Crippen MR) is 79.7 cm³/mol. The highest BCUT2D eigenvalue weighted by Crippen LogP contribution is 2.48. The Hall–Kier alpha value is -0.500. The summed E-state index contributed by atoms with van der Waals surface area (Å²) < 4.78 is 31.4. The average Bonchev–Trinajstić information content (AvgIpc) is 2.37. The molecule has 0 radical (unpaired) electrons. The van der Waals surface area contributed by atoms with Crippen LogP contribution >= 0.6 is 6.64 Å². The van der Waals surface area contributed by atoms with Gasteiger partial charge in [0.1, 0.15) is 0 Å². The highest BCUT2D eigenvalue weighted by molar-refractivity contribution is 8.13. The molecule has 0 aliphatic rings. The van der Waals surface area contributed by atoms with Crippen molar-refractivity contribution in [3.8, 4) is 0 Å². The molecule has 0 heterocycles. The van der Waals surface area contributed by atoms with Crippen LogP contribution < -0.4 is 4.31 Å². The quantitative estimate of drug-likeness (QED) is 0.804. The normalized spacial score (nSPS) is 15.2. The first-order valence-corrected chi connectivity index (χ1v) is 9.51. The van der Waals surface area contributed by atoms with E-state index in [1.54, 1.807) is 37.3 Å². The van der Waals surface area contributed by atoms with Gasteiger partial charge in [0.2, 0.25) is 0 Å². The number of anilines is 1. The summed E-state index contributed by atoms with van der Waals surface area (Å²) >= 11 is 4.85. The van der Waals surface area contributed by atoms with Crippen LogP contribution in [0.5, 0.6) is 0 Å². The molecule has 1 unspecified atom stereocenters. The second-order valence-electron chi connectivity index (χ2n) is 3.65. The van der Waals surface area contributed by atoms with E-state index in [4.69, 9.17) is 16.3 Å². The molecular formula is C10H17N2O4PS2. The third kappa shape index (κ3) is 3.75. The smallest absolute Gasteiger partial charge is 0.311 e. The van der Waals surface area contributed by atoms with Crippen LogP contribution in [0.1, 0.15) is 6.92 Å². The van der Waals surface area contributed by atoms with E-state index in [2.05, 4.69) is 0 Å². The van der Waals surface area contributed by atoms with Crippen LogP contribution in [0.15, 0.2) is 30.3 Å². The summed E-state index contributed by atoms with van der Waals surface area (Å²) in [7, 11) is -1.33. The molecule has 19 heavy (non-hydrogen) atoms. The molecule has 0 aromatic heterocycles. The fourth-order valence-corrected chi connectivity index (χ4v) is 5.16. The molecular weight excluding hydrogens is 307 g/mol. The van der Waals surface area contributed by atoms with E-state index < -0.39 is 16.9 Å². The molecule has 0 spiro atoms. The van der Waals surface area contributed by atoms with Gasteiger partial charge >= 0.3 is 10.2 Å². The Balaban J connectivity index is 3.08. The van der Waals surface area contributed by atoms with E-state index >= 15 is 0 Å². The zero-order valence-corrected chi connectivity index (χ0v) is 13.5. The highest BCUT2D eigenvalue weighted by Gasteiger charge is 2.34. The zero-order chi connectivity index (χ0) is 14.7. The van der Waals surface area contributed by atoms with Crippen molar-refractivity contribution in [2.75, 3.05) is 25.0 Å². The van der Waals surface area contributed by atoms with Gasteiger partial charge in [-0.25, -0.2) is 0 Å². The molecule has 1 atom stereocenters. The molecule has 6 nitrogen and oxygen atoms in total. The lowest BCUT2D eigenvalue weighted by atomic mass is 10.3. The Morgan fingerprint density at radius 2 is 1.84 bits per heavy atom. The first-order valence-electron chi connectivity index (χ1n) is 5.49.